The molecule has 0 heterocycles. The number of thioether (sulfide) groups is 1. The van der Waals surface area contributed by atoms with Gasteiger partial charge in [0.25, 0.3) is 0 Å². The average molecular weight is 335 g/mol. The summed E-state index contributed by atoms with van der Waals surface area (Å²) >= 11 is 1.64. The van der Waals surface area contributed by atoms with Crippen LogP contribution in [0.5, 0.6) is 0 Å². The van der Waals surface area contributed by atoms with Crippen LogP contribution >= 0.6 is 11.8 Å². The van der Waals surface area contributed by atoms with Crippen molar-refractivity contribution in [2.45, 2.75) is 61.6 Å². The van der Waals surface area contributed by atoms with Crippen molar-refractivity contribution in [3.8, 4) is 0 Å². The van der Waals surface area contributed by atoms with Crippen molar-refractivity contribution < 1.29 is 9.22 Å². The predicted molar refractivity (Wildman–Crippen MR) is 96.9 cm³/mol. The molecular weight excluding hydrogens is 308 g/mol. The molecule has 22 heavy (non-hydrogen) atoms. The fraction of sp³-hybridized carbons (Fsp3) is 0.500. The van der Waals surface area contributed by atoms with E-state index in [0.29, 0.717) is 0 Å². The first kappa shape index (κ1) is 17.5. The SMILES string of the molecule is CC(C)(C)[Si](C)(C)O[C@@H]1C=CC(=O)C(Sc2ccccc2)C1. The van der Waals surface area contributed by atoms with E-state index >= 15 is 0 Å². The normalized spacial score (nSPS) is 22.9. The molecule has 4 heteroatoms. The number of hydrogen-bond donors (Lipinski definition) is 0. The van der Waals surface area contributed by atoms with Crippen molar-refractivity contribution in [1.82, 2.24) is 0 Å². The van der Waals surface area contributed by atoms with Gasteiger partial charge in [-0.25, -0.2) is 0 Å². The minimum Gasteiger partial charge on any atom is -0.410 e. The van der Waals surface area contributed by atoms with E-state index in [4.69, 9.17) is 4.43 Å². The first-order valence-corrected chi connectivity index (χ1v) is 11.6. The molecule has 0 aromatic heterocycles. The molecule has 0 N–H and O–H groups in total. The van der Waals surface area contributed by atoms with Gasteiger partial charge in [0.1, 0.15) is 0 Å². The van der Waals surface area contributed by atoms with Crippen molar-refractivity contribution in [1.29, 1.82) is 0 Å². The largest absolute Gasteiger partial charge is 0.410 e. The minimum atomic E-state index is -1.81. The van der Waals surface area contributed by atoms with Gasteiger partial charge in [-0.05, 0) is 42.8 Å². The van der Waals surface area contributed by atoms with Crippen LogP contribution in [0.1, 0.15) is 27.2 Å². The molecule has 0 spiro atoms. The van der Waals surface area contributed by atoms with Gasteiger partial charge in [-0.15, -0.1) is 11.8 Å². The van der Waals surface area contributed by atoms with Crippen molar-refractivity contribution in [2.75, 3.05) is 0 Å². The Kier molecular flexibility index (Phi) is 5.36. The van der Waals surface area contributed by atoms with E-state index in [-0.39, 0.29) is 22.2 Å². The summed E-state index contributed by atoms with van der Waals surface area (Å²) in [5.74, 6) is 0.198. The monoisotopic (exact) mass is 334 g/mol. The molecule has 0 aliphatic heterocycles. The fourth-order valence-corrected chi connectivity index (χ4v) is 4.54. The van der Waals surface area contributed by atoms with Crippen molar-refractivity contribution in [3.05, 3.63) is 42.5 Å². The molecule has 0 saturated heterocycles. The molecule has 2 nitrogen and oxygen atoms in total. The zero-order valence-corrected chi connectivity index (χ0v) is 15.9. The lowest BCUT2D eigenvalue weighted by atomic mass is 10.0. The summed E-state index contributed by atoms with van der Waals surface area (Å²) < 4.78 is 6.45. The molecule has 120 valence electrons. The maximum atomic E-state index is 12.2. The maximum absolute atomic E-state index is 12.2. The molecule has 0 fully saturated rings. The van der Waals surface area contributed by atoms with Gasteiger partial charge in [0.2, 0.25) is 0 Å². The maximum Gasteiger partial charge on any atom is 0.192 e. The third-order valence-corrected chi connectivity index (χ3v) is 10.3. The van der Waals surface area contributed by atoms with Gasteiger partial charge in [-0.2, -0.15) is 0 Å². The minimum absolute atomic E-state index is 0.0397. The van der Waals surface area contributed by atoms with E-state index < -0.39 is 8.32 Å². The quantitative estimate of drug-likeness (QED) is 0.719. The molecule has 0 amide bonds. The predicted octanol–water partition coefficient (Wildman–Crippen LogP) is 5.07. The van der Waals surface area contributed by atoms with Gasteiger partial charge >= 0.3 is 0 Å². The Labute approximate surface area is 139 Å². The van der Waals surface area contributed by atoms with E-state index in [1.165, 1.54) is 0 Å². The van der Waals surface area contributed by atoms with Gasteiger partial charge < -0.3 is 4.43 Å². The number of benzene rings is 1. The second-order valence-electron chi connectivity index (χ2n) is 7.33. The van der Waals surface area contributed by atoms with Crippen molar-refractivity contribution >= 4 is 25.9 Å². The second kappa shape index (κ2) is 6.73. The molecule has 1 aromatic rings. The lowest BCUT2D eigenvalue weighted by Gasteiger charge is -2.39. The van der Waals surface area contributed by atoms with Crippen LogP contribution in [0.2, 0.25) is 18.1 Å². The van der Waals surface area contributed by atoms with Gasteiger partial charge in [-0.1, -0.05) is 45.0 Å². The van der Waals surface area contributed by atoms with Crippen LogP contribution < -0.4 is 0 Å². The Morgan fingerprint density at radius 1 is 1.18 bits per heavy atom. The van der Waals surface area contributed by atoms with Crippen molar-refractivity contribution in [3.63, 3.8) is 0 Å². The molecule has 2 rings (SSSR count). The van der Waals surface area contributed by atoms with Crippen LogP contribution in [0.3, 0.4) is 0 Å². The first-order chi connectivity index (χ1) is 10.2. The van der Waals surface area contributed by atoms with Gasteiger partial charge in [0, 0.05) is 4.90 Å². The lowest BCUT2D eigenvalue weighted by molar-refractivity contribution is -0.115. The van der Waals surface area contributed by atoms with E-state index in [0.717, 1.165) is 11.3 Å². The van der Waals surface area contributed by atoms with Crippen LogP contribution in [-0.2, 0) is 9.22 Å². The van der Waals surface area contributed by atoms with Crippen LogP contribution in [-0.4, -0.2) is 25.5 Å². The van der Waals surface area contributed by atoms with E-state index in [9.17, 15) is 4.79 Å². The molecule has 2 atom stereocenters. The standard InChI is InChI=1S/C18H26O2SSi/c1-18(2,3)22(4,5)20-14-11-12-16(19)17(13-14)21-15-9-7-6-8-10-15/h6-12,14,17H,13H2,1-5H3/t14-,17?/m1/s1. The summed E-state index contributed by atoms with van der Waals surface area (Å²) in [5, 5.41) is 0.145. The van der Waals surface area contributed by atoms with Gasteiger partial charge in [-0.3, -0.25) is 4.79 Å². The highest BCUT2D eigenvalue weighted by Gasteiger charge is 2.40. The number of carbonyl (C=O) groups excluding carboxylic acids is 1. The third-order valence-electron chi connectivity index (χ3n) is 4.51. The molecule has 1 aliphatic rings. The summed E-state index contributed by atoms with van der Waals surface area (Å²) in [6, 6.07) is 10.1. The highest BCUT2D eigenvalue weighted by atomic mass is 32.2. The summed E-state index contributed by atoms with van der Waals surface area (Å²) in [7, 11) is -1.81. The van der Waals surface area contributed by atoms with E-state index in [2.05, 4.69) is 46.0 Å². The molecule has 0 saturated carbocycles. The Hall–Kier alpha value is -0.843. The van der Waals surface area contributed by atoms with E-state index in [1.807, 2.05) is 24.3 Å². The fourth-order valence-electron chi connectivity index (χ4n) is 2.13. The number of allylic oxidation sites excluding steroid dienone is 1. The zero-order chi connectivity index (χ0) is 16.4. The molecule has 1 aromatic carbocycles. The molecule has 0 bridgehead atoms. The summed E-state index contributed by atoms with van der Waals surface area (Å²) in [4.78, 5) is 13.3. The number of carbonyl (C=O) groups is 1. The lowest BCUT2D eigenvalue weighted by Crippen LogP contribution is -2.45. The molecular formula is C18H26O2SSi. The number of hydrogen-bond acceptors (Lipinski definition) is 3. The first-order valence-electron chi connectivity index (χ1n) is 7.80. The Balaban J connectivity index is 2.05. The average Bonchev–Trinajstić information content (AvgIpc) is 2.42. The second-order valence-corrected chi connectivity index (χ2v) is 13.4. The van der Waals surface area contributed by atoms with Crippen molar-refractivity contribution in [2.24, 2.45) is 0 Å². The molecule has 1 aliphatic carbocycles. The topological polar surface area (TPSA) is 26.3 Å². The third kappa shape index (κ3) is 4.34. The highest BCUT2D eigenvalue weighted by molar-refractivity contribution is 8.00. The molecule has 0 radical (unpaired) electrons. The molecule has 1 unspecified atom stereocenters. The van der Waals surface area contributed by atoms with Crippen LogP contribution in [0, 0.1) is 0 Å². The smallest absolute Gasteiger partial charge is 0.192 e. The highest BCUT2D eigenvalue weighted by Crippen LogP contribution is 2.39. The van der Waals surface area contributed by atoms with Crippen LogP contribution in [0.25, 0.3) is 0 Å². The zero-order valence-electron chi connectivity index (χ0n) is 14.1. The Morgan fingerprint density at radius 3 is 2.41 bits per heavy atom. The van der Waals surface area contributed by atoms with Crippen LogP contribution in [0.15, 0.2) is 47.4 Å². The number of rotatable bonds is 4. The Bertz CT molecular complexity index is 546. The van der Waals surface area contributed by atoms with E-state index in [1.54, 1.807) is 17.8 Å². The van der Waals surface area contributed by atoms with Crippen LogP contribution in [0.4, 0.5) is 0 Å². The number of ketones is 1. The van der Waals surface area contributed by atoms with Gasteiger partial charge in [0.05, 0.1) is 11.4 Å². The summed E-state index contributed by atoms with van der Waals surface area (Å²) in [6.07, 6.45) is 4.48. The summed E-state index contributed by atoms with van der Waals surface area (Å²) in [6.45, 7) is 11.3. The Morgan fingerprint density at radius 2 is 1.82 bits per heavy atom. The summed E-state index contributed by atoms with van der Waals surface area (Å²) in [5.41, 5.74) is 0. The van der Waals surface area contributed by atoms with Gasteiger partial charge in [0.15, 0.2) is 14.1 Å².